The molecule has 0 saturated carbocycles. The number of ether oxygens (including phenoxy) is 1. The van der Waals surface area contributed by atoms with Gasteiger partial charge in [-0.15, -0.1) is 16.4 Å². The summed E-state index contributed by atoms with van der Waals surface area (Å²) in [6.07, 6.45) is 1.55. The fourth-order valence-corrected chi connectivity index (χ4v) is 4.40. The molecule has 0 aliphatic rings. The van der Waals surface area contributed by atoms with E-state index < -0.39 is 5.97 Å². The first-order valence-electron chi connectivity index (χ1n) is 8.38. The van der Waals surface area contributed by atoms with E-state index in [4.69, 9.17) is 40.2 Å². The Morgan fingerprint density at radius 3 is 2.62 bits per heavy atom. The van der Waals surface area contributed by atoms with Crippen molar-refractivity contribution in [3.63, 3.8) is 0 Å². The van der Waals surface area contributed by atoms with E-state index in [0.29, 0.717) is 33.1 Å². The molecule has 7 nitrogen and oxygen atoms in total. The second kappa shape index (κ2) is 9.08. The fourth-order valence-electron chi connectivity index (χ4n) is 2.57. The van der Waals surface area contributed by atoms with Crippen LogP contribution < -0.4 is 10.6 Å². The minimum atomic E-state index is -0.420. The van der Waals surface area contributed by atoms with Gasteiger partial charge in [-0.1, -0.05) is 29.3 Å². The van der Waals surface area contributed by atoms with Gasteiger partial charge < -0.3 is 10.1 Å². The Hall–Kier alpha value is -2.20. The predicted octanol–water partition coefficient (Wildman–Crippen LogP) is 4.91. The number of nitrogens with zero attached hydrogens (tertiary/aromatic N) is 3. The second-order valence-corrected chi connectivity index (χ2v) is 8.47. The maximum absolute atomic E-state index is 12.1. The molecule has 0 aliphatic heterocycles. The standard InChI is InChI=1S/C18H17Cl2N5O2S2/c1-9-10(2)29-15(14(9)16(26)27-3)22-18(28)23-17-21-8-25(24-17)7-11-12(19)5-4-6-13(11)20/h4-6,8H,7H2,1-3H3,(H2,22,23,24,28). The van der Waals surface area contributed by atoms with Crippen LogP contribution in [0.15, 0.2) is 24.5 Å². The van der Waals surface area contributed by atoms with Crippen molar-refractivity contribution in [2.45, 2.75) is 20.4 Å². The van der Waals surface area contributed by atoms with Gasteiger partial charge in [-0.3, -0.25) is 5.32 Å². The number of thiophene rings is 1. The van der Waals surface area contributed by atoms with Gasteiger partial charge in [0.15, 0.2) is 5.11 Å². The number of hydrogen-bond donors (Lipinski definition) is 2. The van der Waals surface area contributed by atoms with Crippen molar-refractivity contribution < 1.29 is 9.53 Å². The molecule has 2 heterocycles. The second-order valence-electron chi connectivity index (χ2n) is 6.02. The van der Waals surface area contributed by atoms with Crippen molar-refractivity contribution in [2.24, 2.45) is 0 Å². The van der Waals surface area contributed by atoms with Crippen LogP contribution in [0.4, 0.5) is 10.9 Å². The van der Waals surface area contributed by atoms with Gasteiger partial charge in [0.2, 0.25) is 5.95 Å². The molecule has 0 unspecified atom stereocenters. The number of methoxy groups -OCH3 is 1. The van der Waals surface area contributed by atoms with Crippen LogP contribution in [0.1, 0.15) is 26.4 Å². The minimum absolute atomic E-state index is 0.255. The highest BCUT2D eigenvalue weighted by Crippen LogP contribution is 2.33. The van der Waals surface area contributed by atoms with Crippen molar-refractivity contribution in [1.82, 2.24) is 14.8 Å². The normalized spacial score (nSPS) is 10.7. The van der Waals surface area contributed by atoms with Crippen molar-refractivity contribution in [2.75, 3.05) is 17.7 Å². The lowest BCUT2D eigenvalue weighted by Gasteiger charge is -2.08. The van der Waals surface area contributed by atoms with Gasteiger partial charge in [0, 0.05) is 20.5 Å². The molecule has 152 valence electrons. The van der Waals surface area contributed by atoms with Crippen molar-refractivity contribution >= 4 is 68.8 Å². The van der Waals surface area contributed by atoms with E-state index in [1.54, 1.807) is 29.2 Å². The summed E-state index contributed by atoms with van der Waals surface area (Å²) in [5.41, 5.74) is 2.07. The zero-order valence-corrected chi connectivity index (χ0v) is 18.9. The molecule has 3 rings (SSSR count). The Kier molecular flexibility index (Phi) is 6.74. The third-order valence-electron chi connectivity index (χ3n) is 4.15. The molecule has 11 heteroatoms. The molecule has 3 aromatic rings. The molecule has 0 saturated heterocycles. The zero-order chi connectivity index (χ0) is 21.1. The molecule has 0 atom stereocenters. The highest BCUT2D eigenvalue weighted by Gasteiger charge is 2.21. The van der Waals surface area contributed by atoms with Crippen LogP contribution in [0.2, 0.25) is 10.0 Å². The number of halogens is 2. The number of nitrogens with one attached hydrogen (secondary N) is 2. The Labute approximate surface area is 187 Å². The highest BCUT2D eigenvalue weighted by atomic mass is 35.5. The van der Waals surface area contributed by atoms with Gasteiger partial charge in [0.1, 0.15) is 11.3 Å². The van der Waals surface area contributed by atoms with E-state index in [1.807, 2.05) is 13.8 Å². The van der Waals surface area contributed by atoms with Crippen molar-refractivity contribution in [3.8, 4) is 0 Å². The maximum Gasteiger partial charge on any atom is 0.341 e. The van der Waals surface area contributed by atoms with Crippen LogP contribution in [-0.2, 0) is 11.3 Å². The summed E-state index contributed by atoms with van der Waals surface area (Å²) in [4.78, 5) is 17.3. The monoisotopic (exact) mass is 469 g/mol. The lowest BCUT2D eigenvalue weighted by atomic mass is 10.1. The van der Waals surface area contributed by atoms with Crippen molar-refractivity contribution in [3.05, 3.63) is 56.1 Å². The Morgan fingerprint density at radius 1 is 1.28 bits per heavy atom. The first kappa shape index (κ1) is 21.5. The third-order valence-corrected chi connectivity index (χ3v) is 6.18. The number of carbonyl (C=O) groups is 1. The molecule has 1 aromatic carbocycles. The maximum atomic E-state index is 12.1. The molecule has 2 N–H and O–H groups in total. The molecular weight excluding hydrogens is 453 g/mol. The fraction of sp³-hybridized carbons (Fsp3) is 0.222. The summed E-state index contributed by atoms with van der Waals surface area (Å²) in [5, 5.41) is 12.2. The number of rotatable bonds is 5. The summed E-state index contributed by atoms with van der Waals surface area (Å²) in [6.45, 7) is 4.16. The van der Waals surface area contributed by atoms with Crippen LogP contribution in [-0.4, -0.2) is 33.0 Å². The summed E-state index contributed by atoms with van der Waals surface area (Å²) in [7, 11) is 1.34. The average molecular weight is 470 g/mol. The Morgan fingerprint density at radius 2 is 1.97 bits per heavy atom. The summed E-state index contributed by atoms with van der Waals surface area (Å²) in [5.74, 6) is -0.119. The number of aromatic nitrogens is 3. The van der Waals surface area contributed by atoms with E-state index in [9.17, 15) is 4.79 Å². The lowest BCUT2D eigenvalue weighted by molar-refractivity contribution is 0.0601. The third kappa shape index (κ3) is 4.87. The van der Waals surface area contributed by atoms with Crippen LogP contribution in [0.25, 0.3) is 0 Å². The predicted molar refractivity (Wildman–Crippen MR) is 121 cm³/mol. The first-order valence-corrected chi connectivity index (χ1v) is 10.4. The number of aryl methyl sites for hydroxylation is 1. The number of thiocarbonyl (C=S) groups is 1. The molecular formula is C18H17Cl2N5O2S2. The van der Waals surface area contributed by atoms with Crippen LogP contribution >= 0.6 is 46.8 Å². The molecule has 0 radical (unpaired) electrons. The van der Waals surface area contributed by atoms with E-state index in [2.05, 4.69) is 20.7 Å². The van der Waals surface area contributed by atoms with Crippen LogP contribution in [0, 0.1) is 13.8 Å². The van der Waals surface area contributed by atoms with Crippen molar-refractivity contribution in [1.29, 1.82) is 0 Å². The van der Waals surface area contributed by atoms with E-state index >= 15 is 0 Å². The Bertz CT molecular complexity index is 1060. The van der Waals surface area contributed by atoms with E-state index in [0.717, 1.165) is 16.0 Å². The highest BCUT2D eigenvalue weighted by molar-refractivity contribution is 7.80. The van der Waals surface area contributed by atoms with E-state index in [-0.39, 0.29) is 5.11 Å². The number of anilines is 2. The Balaban J connectivity index is 1.70. The van der Waals surface area contributed by atoms with Gasteiger partial charge in [0.05, 0.1) is 19.2 Å². The number of hydrogen-bond acceptors (Lipinski definition) is 6. The number of esters is 1. The minimum Gasteiger partial charge on any atom is -0.465 e. The largest absolute Gasteiger partial charge is 0.465 e. The number of carbonyl (C=O) groups excluding carboxylic acids is 1. The summed E-state index contributed by atoms with van der Waals surface area (Å²) < 4.78 is 6.46. The first-order chi connectivity index (χ1) is 13.8. The number of benzene rings is 1. The molecule has 2 aromatic heterocycles. The molecule has 0 fully saturated rings. The summed E-state index contributed by atoms with van der Waals surface area (Å²) >= 11 is 19.2. The molecule has 29 heavy (non-hydrogen) atoms. The van der Waals surface area contributed by atoms with E-state index in [1.165, 1.54) is 18.4 Å². The average Bonchev–Trinajstić information content (AvgIpc) is 3.22. The molecule has 0 bridgehead atoms. The van der Waals surface area contributed by atoms with Gasteiger partial charge >= 0.3 is 5.97 Å². The van der Waals surface area contributed by atoms with Crippen LogP contribution in [0.3, 0.4) is 0 Å². The van der Waals surface area contributed by atoms with Crippen LogP contribution in [0.5, 0.6) is 0 Å². The zero-order valence-electron chi connectivity index (χ0n) is 15.7. The van der Waals surface area contributed by atoms with Gasteiger partial charge in [-0.2, -0.15) is 0 Å². The van der Waals surface area contributed by atoms with Gasteiger partial charge in [-0.05, 0) is 43.8 Å². The van der Waals surface area contributed by atoms with Gasteiger partial charge in [0.25, 0.3) is 0 Å². The smallest absolute Gasteiger partial charge is 0.341 e. The molecule has 0 amide bonds. The summed E-state index contributed by atoms with van der Waals surface area (Å²) in [6, 6.07) is 5.31. The molecule has 0 spiro atoms. The SMILES string of the molecule is COC(=O)c1c(NC(=S)Nc2ncn(Cc3c(Cl)cccc3Cl)n2)sc(C)c1C. The quantitative estimate of drug-likeness (QED) is 0.405. The van der Waals surface area contributed by atoms with Gasteiger partial charge in [-0.25, -0.2) is 14.5 Å². The lowest BCUT2D eigenvalue weighted by Crippen LogP contribution is -2.21. The molecule has 0 aliphatic carbocycles. The topological polar surface area (TPSA) is 81.1 Å².